The van der Waals surface area contributed by atoms with Crippen LogP contribution >= 0.6 is 0 Å². The number of hydrogen-bond donors (Lipinski definition) is 0. The smallest absolute Gasteiger partial charge is 0.327 e. The average Bonchev–Trinajstić information content (AvgIpc) is 2.45. The molecule has 0 spiro atoms. The predicted octanol–water partition coefficient (Wildman–Crippen LogP) is 2.81. The van der Waals surface area contributed by atoms with Crippen LogP contribution in [0.15, 0.2) is 42.6 Å². The molecule has 2 aromatic rings. The molecule has 0 amide bonds. The third-order valence-electron chi connectivity index (χ3n) is 2.99. The van der Waals surface area contributed by atoms with Crippen LogP contribution in [0.3, 0.4) is 0 Å². The van der Waals surface area contributed by atoms with Gasteiger partial charge >= 0.3 is 5.69 Å². The van der Waals surface area contributed by atoms with E-state index in [0.717, 1.165) is 11.8 Å². The lowest BCUT2D eigenvalue weighted by Crippen LogP contribution is -2.22. The lowest BCUT2D eigenvalue weighted by Gasteiger charge is -2.18. The number of halogens is 1. The average molecular weight is 275 g/mol. The molecular formula is C14H14FN3O2. The summed E-state index contributed by atoms with van der Waals surface area (Å²) in [6.07, 6.45) is 2.32. The van der Waals surface area contributed by atoms with Crippen LogP contribution in [0.5, 0.6) is 0 Å². The van der Waals surface area contributed by atoms with E-state index in [1.807, 2.05) is 18.2 Å². The molecule has 1 aromatic heterocycles. The van der Waals surface area contributed by atoms with Crippen molar-refractivity contribution in [2.24, 2.45) is 0 Å². The normalized spacial score (nSPS) is 10.3. The summed E-state index contributed by atoms with van der Waals surface area (Å²) in [5, 5.41) is 10.9. The summed E-state index contributed by atoms with van der Waals surface area (Å²) in [6.45, 7) is 0.515. The molecule has 0 saturated carbocycles. The van der Waals surface area contributed by atoms with E-state index in [0.29, 0.717) is 13.0 Å². The molecule has 0 aliphatic rings. The number of benzene rings is 1. The van der Waals surface area contributed by atoms with E-state index in [1.54, 1.807) is 24.2 Å². The molecule has 5 nitrogen and oxygen atoms in total. The summed E-state index contributed by atoms with van der Waals surface area (Å²) >= 11 is 0. The van der Waals surface area contributed by atoms with Gasteiger partial charge in [0.05, 0.1) is 4.92 Å². The fourth-order valence-corrected chi connectivity index (χ4v) is 1.94. The van der Waals surface area contributed by atoms with Gasteiger partial charge in [-0.2, -0.15) is 4.39 Å². The number of nitro groups is 1. The maximum absolute atomic E-state index is 13.5. The van der Waals surface area contributed by atoms with Gasteiger partial charge in [-0.05, 0) is 24.3 Å². The quantitative estimate of drug-likeness (QED) is 0.622. The molecule has 1 heterocycles. The second kappa shape index (κ2) is 6.10. The number of pyridine rings is 1. The van der Waals surface area contributed by atoms with E-state index in [1.165, 1.54) is 6.07 Å². The van der Waals surface area contributed by atoms with Gasteiger partial charge in [0.15, 0.2) is 0 Å². The van der Waals surface area contributed by atoms with Gasteiger partial charge < -0.3 is 4.90 Å². The van der Waals surface area contributed by atoms with E-state index in [-0.39, 0.29) is 5.69 Å². The standard InChI is InChI=1S/C14H14FN3O2/c1-17(10-8-11-5-2-3-9-16-11)13-7-4-6-12(15)14(13)18(19)20/h2-7,9H,8,10H2,1H3. The molecule has 0 fully saturated rings. The Bertz CT molecular complexity index is 605. The van der Waals surface area contributed by atoms with Gasteiger partial charge in [0.1, 0.15) is 5.69 Å². The molecule has 1 aromatic carbocycles. The third kappa shape index (κ3) is 3.09. The summed E-state index contributed by atoms with van der Waals surface area (Å²) in [5.74, 6) is -0.822. The van der Waals surface area contributed by atoms with E-state index in [9.17, 15) is 14.5 Å². The van der Waals surface area contributed by atoms with E-state index in [2.05, 4.69) is 4.98 Å². The Morgan fingerprint density at radius 1 is 1.30 bits per heavy atom. The fourth-order valence-electron chi connectivity index (χ4n) is 1.94. The number of anilines is 1. The van der Waals surface area contributed by atoms with Gasteiger partial charge in [-0.15, -0.1) is 0 Å². The first-order chi connectivity index (χ1) is 9.59. The third-order valence-corrected chi connectivity index (χ3v) is 2.99. The highest BCUT2D eigenvalue weighted by Gasteiger charge is 2.22. The van der Waals surface area contributed by atoms with Crippen LogP contribution in [0, 0.1) is 15.9 Å². The Morgan fingerprint density at radius 3 is 2.75 bits per heavy atom. The maximum atomic E-state index is 13.5. The van der Waals surface area contributed by atoms with Crippen molar-refractivity contribution in [1.82, 2.24) is 4.98 Å². The monoisotopic (exact) mass is 275 g/mol. The van der Waals surface area contributed by atoms with Gasteiger partial charge in [-0.3, -0.25) is 15.1 Å². The number of aromatic nitrogens is 1. The first-order valence-electron chi connectivity index (χ1n) is 6.13. The highest BCUT2D eigenvalue weighted by molar-refractivity contribution is 5.63. The largest absolute Gasteiger partial charge is 0.369 e. The topological polar surface area (TPSA) is 59.3 Å². The molecule has 104 valence electrons. The Hall–Kier alpha value is -2.50. The first kappa shape index (κ1) is 13.9. The zero-order chi connectivity index (χ0) is 14.5. The molecule has 0 N–H and O–H groups in total. The summed E-state index contributed by atoms with van der Waals surface area (Å²) in [4.78, 5) is 16.1. The lowest BCUT2D eigenvalue weighted by molar-refractivity contribution is -0.386. The summed E-state index contributed by atoms with van der Waals surface area (Å²) in [7, 11) is 1.70. The highest BCUT2D eigenvalue weighted by atomic mass is 19.1. The van der Waals surface area contributed by atoms with Crippen LogP contribution in [0.25, 0.3) is 0 Å². The number of rotatable bonds is 5. The minimum Gasteiger partial charge on any atom is -0.369 e. The van der Waals surface area contributed by atoms with E-state index < -0.39 is 16.4 Å². The Balaban J connectivity index is 2.15. The molecule has 0 aliphatic heterocycles. The van der Waals surface area contributed by atoms with Crippen LogP contribution < -0.4 is 4.90 Å². The maximum Gasteiger partial charge on any atom is 0.327 e. The first-order valence-corrected chi connectivity index (χ1v) is 6.13. The number of nitro benzene ring substituents is 1. The second-order valence-electron chi connectivity index (χ2n) is 4.36. The minimum absolute atomic E-state index is 0.269. The van der Waals surface area contributed by atoms with Crippen molar-refractivity contribution in [2.75, 3.05) is 18.5 Å². The minimum atomic E-state index is -0.822. The molecule has 0 radical (unpaired) electrons. The summed E-state index contributed by atoms with van der Waals surface area (Å²) < 4.78 is 13.5. The molecule has 20 heavy (non-hydrogen) atoms. The Kier molecular flexibility index (Phi) is 4.24. The second-order valence-corrected chi connectivity index (χ2v) is 4.36. The van der Waals surface area contributed by atoms with Crippen LogP contribution in [0.4, 0.5) is 15.8 Å². The molecule has 0 bridgehead atoms. The molecule has 6 heteroatoms. The number of para-hydroxylation sites is 1. The number of nitrogens with zero attached hydrogens (tertiary/aromatic N) is 3. The molecule has 0 unspecified atom stereocenters. The highest BCUT2D eigenvalue weighted by Crippen LogP contribution is 2.29. The zero-order valence-corrected chi connectivity index (χ0v) is 11.0. The molecule has 2 rings (SSSR count). The fraction of sp³-hybridized carbons (Fsp3) is 0.214. The van der Waals surface area contributed by atoms with E-state index in [4.69, 9.17) is 0 Å². The van der Waals surface area contributed by atoms with Crippen molar-refractivity contribution in [3.63, 3.8) is 0 Å². The Labute approximate surface area is 115 Å². The van der Waals surface area contributed by atoms with Crippen LogP contribution in [-0.2, 0) is 6.42 Å². The van der Waals surface area contributed by atoms with Gasteiger partial charge in [0, 0.05) is 31.9 Å². The molecule has 0 atom stereocenters. The van der Waals surface area contributed by atoms with Crippen molar-refractivity contribution < 1.29 is 9.31 Å². The molecule has 0 aliphatic carbocycles. The van der Waals surface area contributed by atoms with Crippen LogP contribution in [0.2, 0.25) is 0 Å². The molecular weight excluding hydrogens is 261 g/mol. The summed E-state index contributed by atoms with van der Waals surface area (Å²) in [5.41, 5.74) is 0.667. The number of likely N-dealkylation sites (N-methyl/N-ethyl adjacent to an activating group) is 1. The SMILES string of the molecule is CN(CCc1ccccn1)c1cccc(F)c1[N+](=O)[O-]. The van der Waals surface area contributed by atoms with Crippen molar-refractivity contribution in [1.29, 1.82) is 0 Å². The van der Waals surface area contributed by atoms with Gasteiger partial charge in [0.25, 0.3) is 0 Å². The van der Waals surface area contributed by atoms with Crippen molar-refractivity contribution in [3.05, 3.63) is 64.2 Å². The predicted molar refractivity (Wildman–Crippen MR) is 74.3 cm³/mol. The van der Waals surface area contributed by atoms with Crippen molar-refractivity contribution in [2.45, 2.75) is 6.42 Å². The van der Waals surface area contributed by atoms with Crippen molar-refractivity contribution >= 4 is 11.4 Å². The van der Waals surface area contributed by atoms with Crippen molar-refractivity contribution in [3.8, 4) is 0 Å². The van der Waals surface area contributed by atoms with Gasteiger partial charge in [0.2, 0.25) is 5.82 Å². The zero-order valence-electron chi connectivity index (χ0n) is 11.0. The van der Waals surface area contributed by atoms with Crippen LogP contribution in [0.1, 0.15) is 5.69 Å². The van der Waals surface area contributed by atoms with Gasteiger partial charge in [-0.25, -0.2) is 0 Å². The molecule has 0 saturated heterocycles. The summed E-state index contributed by atoms with van der Waals surface area (Å²) in [6, 6.07) is 9.69. The Morgan fingerprint density at radius 2 is 2.10 bits per heavy atom. The van der Waals surface area contributed by atoms with E-state index >= 15 is 0 Å². The van der Waals surface area contributed by atoms with Crippen LogP contribution in [-0.4, -0.2) is 23.5 Å². The number of hydrogen-bond acceptors (Lipinski definition) is 4. The lowest BCUT2D eigenvalue weighted by atomic mass is 10.2. The van der Waals surface area contributed by atoms with Gasteiger partial charge in [-0.1, -0.05) is 12.1 Å².